The van der Waals surface area contributed by atoms with Crippen molar-refractivity contribution < 1.29 is 19.4 Å². The Bertz CT molecular complexity index is 1330. The molecule has 5 N–H and O–H groups in total. The Morgan fingerprint density at radius 3 is 2.76 bits per heavy atom. The summed E-state index contributed by atoms with van der Waals surface area (Å²) < 4.78 is 4.68. The number of H-pyrrole nitrogens is 1. The summed E-state index contributed by atoms with van der Waals surface area (Å²) in [4.78, 5) is 40.7. The van der Waals surface area contributed by atoms with Gasteiger partial charge in [-0.05, 0) is 36.6 Å². The average Bonchev–Trinajstić information content (AvgIpc) is 3.31. The highest BCUT2D eigenvalue weighted by Crippen LogP contribution is 2.31. The van der Waals surface area contributed by atoms with Crippen LogP contribution in [0.25, 0.3) is 11.2 Å². The molecule has 11 heteroatoms. The number of methoxy groups -OCH3 is 1. The minimum Gasteiger partial charge on any atom is -0.507 e. The number of thioether (sulfide) groups is 1. The Morgan fingerprint density at radius 1 is 1.21 bits per heavy atom. The van der Waals surface area contributed by atoms with E-state index in [9.17, 15) is 14.7 Å². The molecule has 0 aliphatic heterocycles. The van der Waals surface area contributed by atoms with Gasteiger partial charge in [0.25, 0.3) is 0 Å². The first kappa shape index (κ1) is 23.1. The SMILES string of the molecule is COC(=O)c1cc(NC(=O)[C@H](CCc2ccccc2)Sc2nc(N)nc3nc[nH]c23)ccc1O. The van der Waals surface area contributed by atoms with Crippen LogP contribution in [0.5, 0.6) is 5.75 Å². The van der Waals surface area contributed by atoms with Crippen LogP contribution in [-0.2, 0) is 16.0 Å². The van der Waals surface area contributed by atoms with Crippen molar-refractivity contribution in [3.63, 3.8) is 0 Å². The first-order valence-electron chi connectivity index (χ1n) is 10.3. The molecule has 0 aliphatic carbocycles. The molecule has 4 aromatic rings. The van der Waals surface area contributed by atoms with E-state index in [1.54, 1.807) is 0 Å². The Balaban J connectivity index is 1.60. The van der Waals surface area contributed by atoms with Crippen LogP contribution in [0.4, 0.5) is 11.6 Å². The van der Waals surface area contributed by atoms with E-state index in [-0.39, 0.29) is 23.2 Å². The van der Waals surface area contributed by atoms with E-state index < -0.39 is 11.2 Å². The van der Waals surface area contributed by atoms with Crippen LogP contribution >= 0.6 is 11.8 Å². The van der Waals surface area contributed by atoms with Gasteiger partial charge in [0, 0.05) is 5.69 Å². The number of carbonyl (C=O) groups is 2. The van der Waals surface area contributed by atoms with Gasteiger partial charge in [0.1, 0.15) is 21.9 Å². The van der Waals surface area contributed by atoms with Gasteiger partial charge in [-0.2, -0.15) is 4.98 Å². The van der Waals surface area contributed by atoms with Gasteiger partial charge in [0.2, 0.25) is 11.9 Å². The van der Waals surface area contributed by atoms with Crippen molar-refractivity contribution in [3.8, 4) is 5.75 Å². The van der Waals surface area contributed by atoms with Gasteiger partial charge < -0.3 is 25.9 Å². The van der Waals surface area contributed by atoms with Crippen molar-refractivity contribution in [2.45, 2.75) is 23.1 Å². The van der Waals surface area contributed by atoms with Crippen molar-refractivity contribution in [1.82, 2.24) is 19.9 Å². The number of aromatic amines is 1. The predicted molar refractivity (Wildman–Crippen MR) is 129 cm³/mol. The molecule has 0 unspecified atom stereocenters. The zero-order valence-corrected chi connectivity index (χ0v) is 19.0. The lowest BCUT2D eigenvalue weighted by Crippen LogP contribution is -2.26. The van der Waals surface area contributed by atoms with Crippen LogP contribution in [0.2, 0.25) is 0 Å². The number of imidazole rings is 1. The van der Waals surface area contributed by atoms with Gasteiger partial charge in [0.05, 0.1) is 18.7 Å². The number of nitrogens with zero attached hydrogens (tertiary/aromatic N) is 3. The molecule has 0 saturated heterocycles. The molecule has 1 amide bonds. The number of hydrogen-bond donors (Lipinski definition) is 4. The summed E-state index contributed by atoms with van der Waals surface area (Å²) in [5.74, 6) is -1.18. The largest absolute Gasteiger partial charge is 0.507 e. The Hall–Kier alpha value is -4.12. The lowest BCUT2D eigenvalue weighted by Gasteiger charge is -2.17. The number of benzene rings is 2. The van der Waals surface area contributed by atoms with Crippen LogP contribution in [0, 0.1) is 0 Å². The standard InChI is InChI=1S/C23H22N6O4S/c1-33-22(32)15-11-14(8-9-16(15)30)27-20(31)17(10-7-13-5-3-2-4-6-13)34-21-18-19(26-12-25-18)28-23(24)29-21/h2-6,8-9,11-12,17,30H,7,10H2,1H3,(H,27,31)(H3,24,25,26,28,29)/t17-/m0/s1. The summed E-state index contributed by atoms with van der Waals surface area (Å²) in [5.41, 5.74) is 8.24. The number of amides is 1. The van der Waals surface area contributed by atoms with Gasteiger partial charge >= 0.3 is 5.97 Å². The monoisotopic (exact) mass is 478 g/mol. The van der Waals surface area contributed by atoms with Crippen LogP contribution in [0.1, 0.15) is 22.3 Å². The number of carbonyl (C=O) groups excluding carboxylic acids is 2. The fourth-order valence-corrected chi connectivity index (χ4v) is 4.42. The molecule has 10 nitrogen and oxygen atoms in total. The molecule has 0 spiro atoms. The lowest BCUT2D eigenvalue weighted by atomic mass is 10.1. The highest BCUT2D eigenvalue weighted by molar-refractivity contribution is 8.00. The maximum atomic E-state index is 13.3. The van der Waals surface area contributed by atoms with Crippen LogP contribution in [0.3, 0.4) is 0 Å². The normalized spacial score (nSPS) is 11.8. The molecule has 2 aromatic carbocycles. The molecular formula is C23H22N6O4S. The van der Waals surface area contributed by atoms with Crippen molar-refractivity contribution in [3.05, 3.63) is 66.0 Å². The molecule has 0 aliphatic rings. The summed E-state index contributed by atoms with van der Waals surface area (Å²) in [6.07, 6.45) is 2.65. The number of aromatic nitrogens is 4. The Labute approximate surface area is 199 Å². The topological polar surface area (TPSA) is 156 Å². The zero-order chi connectivity index (χ0) is 24.1. The minimum absolute atomic E-state index is 0.0449. The number of hydrogen-bond acceptors (Lipinski definition) is 9. The third-order valence-electron chi connectivity index (χ3n) is 5.02. The number of fused-ring (bicyclic) bond motifs is 1. The molecule has 0 fully saturated rings. The van der Waals surface area contributed by atoms with Crippen LogP contribution in [-0.4, -0.2) is 49.3 Å². The third kappa shape index (κ3) is 5.26. The van der Waals surface area contributed by atoms with E-state index in [2.05, 4.69) is 30.0 Å². The second kappa shape index (κ2) is 10.2. The van der Waals surface area contributed by atoms with Crippen molar-refractivity contribution in [2.75, 3.05) is 18.2 Å². The number of nitrogens with one attached hydrogen (secondary N) is 2. The molecule has 4 rings (SSSR count). The maximum absolute atomic E-state index is 13.3. The average molecular weight is 479 g/mol. The number of ether oxygens (including phenoxy) is 1. The van der Waals surface area contributed by atoms with E-state index in [1.165, 1.54) is 43.4 Å². The summed E-state index contributed by atoms with van der Waals surface area (Å²) in [6, 6.07) is 14.0. The molecule has 34 heavy (non-hydrogen) atoms. The minimum atomic E-state index is -0.707. The van der Waals surface area contributed by atoms with E-state index in [1.807, 2.05) is 30.3 Å². The maximum Gasteiger partial charge on any atom is 0.341 e. The highest BCUT2D eigenvalue weighted by atomic mass is 32.2. The van der Waals surface area contributed by atoms with Crippen LogP contribution < -0.4 is 11.1 Å². The fourth-order valence-electron chi connectivity index (χ4n) is 3.34. The van der Waals surface area contributed by atoms with E-state index in [0.717, 1.165) is 5.56 Å². The highest BCUT2D eigenvalue weighted by Gasteiger charge is 2.24. The number of nitrogen functional groups attached to an aromatic ring is 1. The second-order valence-electron chi connectivity index (χ2n) is 7.33. The molecular weight excluding hydrogens is 456 g/mol. The zero-order valence-electron chi connectivity index (χ0n) is 18.2. The molecule has 2 aromatic heterocycles. The predicted octanol–water partition coefficient (Wildman–Crippen LogP) is 3.16. The molecule has 0 radical (unpaired) electrons. The number of rotatable bonds is 8. The van der Waals surface area contributed by atoms with E-state index in [4.69, 9.17) is 5.73 Å². The third-order valence-corrected chi connectivity index (χ3v) is 6.28. The van der Waals surface area contributed by atoms with Gasteiger partial charge in [-0.25, -0.2) is 14.8 Å². The first-order valence-corrected chi connectivity index (χ1v) is 11.2. The Morgan fingerprint density at radius 2 is 2.00 bits per heavy atom. The summed E-state index contributed by atoms with van der Waals surface area (Å²) in [6.45, 7) is 0. The van der Waals surface area contributed by atoms with Gasteiger partial charge in [-0.15, -0.1) is 0 Å². The molecule has 1 atom stereocenters. The molecule has 0 bridgehead atoms. The number of aromatic hydroxyl groups is 1. The molecule has 174 valence electrons. The number of phenols is 1. The smallest absolute Gasteiger partial charge is 0.341 e. The molecule has 2 heterocycles. The van der Waals surface area contributed by atoms with Crippen molar-refractivity contribution >= 4 is 46.4 Å². The van der Waals surface area contributed by atoms with Gasteiger partial charge in [-0.3, -0.25) is 4.79 Å². The van der Waals surface area contributed by atoms with E-state index in [0.29, 0.717) is 34.7 Å². The van der Waals surface area contributed by atoms with Crippen molar-refractivity contribution in [2.24, 2.45) is 0 Å². The number of anilines is 2. The first-order chi connectivity index (χ1) is 16.4. The van der Waals surface area contributed by atoms with E-state index >= 15 is 0 Å². The summed E-state index contributed by atoms with van der Waals surface area (Å²) in [5, 5.41) is 12.7. The van der Waals surface area contributed by atoms with Crippen LogP contribution in [0.15, 0.2) is 59.9 Å². The fraction of sp³-hybridized carbons (Fsp3) is 0.174. The molecule has 0 saturated carbocycles. The second-order valence-corrected chi connectivity index (χ2v) is 8.52. The number of phenolic OH excluding ortho intramolecular Hbond substituents is 1. The van der Waals surface area contributed by atoms with Crippen molar-refractivity contribution in [1.29, 1.82) is 0 Å². The number of aryl methyl sites for hydroxylation is 1. The summed E-state index contributed by atoms with van der Waals surface area (Å²) >= 11 is 1.25. The number of nitrogens with two attached hydrogens (primary N) is 1. The van der Waals surface area contributed by atoms with Gasteiger partial charge in [-0.1, -0.05) is 42.1 Å². The van der Waals surface area contributed by atoms with Gasteiger partial charge in [0.15, 0.2) is 5.65 Å². The number of esters is 1. The summed E-state index contributed by atoms with van der Waals surface area (Å²) in [7, 11) is 1.22. The lowest BCUT2D eigenvalue weighted by molar-refractivity contribution is -0.115. The quantitative estimate of drug-likeness (QED) is 0.129. The Kier molecular flexibility index (Phi) is 6.93.